The van der Waals surface area contributed by atoms with Gasteiger partial charge in [-0.3, -0.25) is 0 Å². The summed E-state index contributed by atoms with van der Waals surface area (Å²) in [4.78, 5) is 21.6. The second-order valence-electron chi connectivity index (χ2n) is 5.95. The van der Waals surface area contributed by atoms with Crippen molar-refractivity contribution in [3.8, 4) is 0 Å². The van der Waals surface area contributed by atoms with Crippen molar-refractivity contribution in [2.24, 2.45) is 11.5 Å². The maximum atomic E-state index is 8.88. The summed E-state index contributed by atoms with van der Waals surface area (Å²) in [5.74, 6) is 0. The van der Waals surface area contributed by atoms with E-state index in [0.29, 0.717) is 0 Å². The van der Waals surface area contributed by atoms with Gasteiger partial charge in [0.2, 0.25) is 0 Å². The van der Waals surface area contributed by atoms with Gasteiger partial charge in [0, 0.05) is 11.1 Å². The van der Waals surface area contributed by atoms with E-state index in [4.69, 9.17) is 30.7 Å². The van der Waals surface area contributed by atoms with Crippen molar-refractivity contribution >= 4 is 7.82 Å². The summed E-state index contributed by atoms with van der Waals surface area (Å²) in [7, 11) is -4.64. The van der Waals surface area contributed by atoms with Crippen LogP contribution in [0.2, 0.25) is 0 Å². The maximum absolute atomic E-state index is 8.88. The number of nitrogens with two attached hydrogens (primary N) is 2. The van der Waals surface area contributed by atoms with Crippen LogP contribution < -0.4 is 16.8 Å². The molecule has 8 heteroatoms. The molecule has 8 N–H and O–H groups in total. The molecule has 0 amide bonds. The average Bonchev–Trinajstić information content (AvgIpc) is 2.11. The Balaban J connectivity index is 0. The molecule has 0 aliphatic carbocycles. The summed E-state index contributed by atoms with van der Waals surface area (Å²) < 4.78 is 8.88. The number of nitrogens with one attached hydrogen (secondary N) is 1. The zero-order valence-corrected chi connectivity index (χ0v) is 13.3. The van der Waals surface area contributed by atoms with Crippen molar-refractivity contribution in [2.45, 2.75) is 58.0 Å². The summed E-state index contributed by atoms with van der Waals surface area (Å²) in [6.45, 7) is 10.3. The first-order chi connectivity index (χ1) is 8.27. The van der Waals surface area contributed by atoms with E-state index in [1.165, 1.54) is 0 Å². The molecule has 0 unspecified atom stereocenters. The van der Waals surface area contributed by atoms with E-state index in [9.17, 15) is 0 Å². The summed E-state index contributed by atoms with van der Waals surface area (Å²) in [6, 6.07) is 0. The van der Waals surface area contributed by atoms with E-state index in [-0.39, 0.29) is 11.1 Å². The van der Waals surface area contributed by atoms with Crippen LogP contribution in [0, 0.1) is 0 Å². The van der Waals surface area contributed by atoms with E-state index >= 15 is 0 Å². The van der Waals surface area contributed by atoms with Crippen LogP contribution in [0.3, 0.4) is 0 Å². The lowest BCUT2D eigenvalue weighted by molar-refractivity contribution is 0.275. The monoisotopic (exact) mass is 299 g/mol. The number of hydrogen-bond donors (Lipinski definition) is 6. The van der Waals surface area contributed by atoms with Crippen molar-refractivity contribution in [3.63, 3.8) is 0 Å². The molecule has 0 saturated carbocycles. The molecule has 0 saturated heterocycles. The molecule has 0 aliphatic heterocycles. The SMILES string of the molecule is CC(C)(N)CCC(C)(C)NCCCN.O=P(O)(O)O. The van der Waals surface area contributed by atoms with Crippen LogP contribution in [0.1, 0.15) is 47.0 Å². The zero-order valence-electron chi connectivity index (χ0n) is 12.4. The average molecular weight is 299 g/mol. The van der Waals surface area contributed by atoms with E-state index in [2.05, 4.69) is 33.0 Å². The van der Waals surface area contributed by atoms with Crippen LogP contribution in [0.25, 0.3) is 0 Å². The molecule has 0 aliphatic rings. The van der Waals surface area contributed by atoms with Gasteiger partial charge in [0.1, 0.15) is 0 Å². The fourth-order valence-corrected chi connectivity index (χ4v) is 1.25. The van der Waals surface area contributed by atoms with Crippen molar-refractivity contribution in [3.05, 3.63) is 0 Å². The molecule has 0 aromatic carbocycles. The molecule has 0 fully saturated rings. The maximum Gasteiger partial charge on any atom is 0.466 e. The normalized spacial score (nSPS) is 12.9. The van der Waals surface area contributed by atoms with E-state index in [1.807, 2.05) is 0 Å². The van der Waals surface area contributed by atoms with E-state index in [0.717, 1.165) is 32.4 Å². The molecule has 7 nitrogen and oxygen atoms in total. The number of rotatable bonds is 7. The van der Waals surface area contributed by atoms with Crippen LogP contribution in [0.4, 0.5) is 0 Å². The van der Waals surface area contributed by atoms with Crippen LogP contribution in [-0.4, -0.2) is 38.8 Å². The zero-order chi connectivity index (χ0) is 15.7. The molecule has 118 valence electrons. The van der Waals surface area contributed by atoms with Gasteiger partial charge in [-0.15, -0.1) is 0 Å². The van der Waals surface area contributed by atoms with E-state index in [1.54, 1.807) is 0 Å². The van der Waals surface area contributed by atoms with Gasteiger partial charge in [-0.25, -0.2) is 4.57 Å². The Kier molecular flexibility index (Phi) is 10.1. The summed E-state index contributed by atoms with van der Waals surface area (Å²) in [5.41, 5.74) is 11.5. The number of phosphoric acid groups is 1. The van der Waals surface area contributed by atoms with Crippen molar-refractivity contribution in [1.82, 2.24) is 5.32 Å². The highest BCUT2D eigenvalue weighted by atomic mass is 31.2. The Hall–Kier alpha value is -0.0100. The van der Waals surface area contributed by atoms with E-state index < -0.39 is 7.82 Å². The predicted octanol–water partition coefficient (Wildman–Crippen LogP) is 0.292. The van der Waals surface area contributed by atoms with Gasteiger partial charge >= 0.3 is 7.82 Å². The molecule has 0 spiro atoms. The molecule has 0 radical (unpaired) electrons. The van der Waals surface area contributed by atoms with Gasteiger partial charge in [0.05, 0.1) is 0 Å². The van der Waals surface area contributed by atoms with Crippen LogP contribution in [0.5, 0.6) is 0 Å². The van der Waals surface area contributed by atoms with Crippen molar-refractivity contribution in [1.29, 1.82) is 0 Å². The summed E-state index contributed by atoms with van der Waals surface area (Å²) in [6.07, 6.45) is 3.17. The molecule has 0 aromatic heterocycles. The Bertz CT molecular complexity index is 265. The predicted molar refractivity (Wildman–Crippen MR) is 77.5 cm³/mol. The second kappa shape index (κ2) is 9.02. The van der Waals surface area contributed by atoms with Gasteiger partial charge in [-0.05, 0) is 60.0 Å². The molecule has 0 aromatic rings. The topological polar surface area (TPSA) is 142 Å². The van der Waals surface area contributed by atoms with Gasteiger partial charge in [0.25, 0.3) is 0 Å². The lowest BCUT2D eigenvalue weighted by atomic mass is 9.90. The fourth-order valence-electron chi connectivity index (χ4n) is 1.25. The molecule has 0 bridgehead atoms. The first-order valence-corrected chi connectivity index (χ1v) is 7.86. The molecule has 0 atom stereocenters. The molecule has 0 rings (SSSR count). The smallest absolute Gasteiger partial charge is 0.330 e. The minimum absolute atomic E-state index is 0.0627. The highest BCUT2D eigenvalue weighted by Gasteiger charge is 2.20. The molecular formula is C11H30N3O4P. The van der Waals surface area contributed by atoms with Gasteiger partial charge in [-0.1, -0.05) is 0 Å². The van der Waals surface area contributed by atoms with Gasteiger partial charge < -0.3 is 31.5 Å². The second-order valence-corrected chi connectivity index (χ2v) is 6.98. The molecular weight excluding hydrogens is 269 g/mol. The van der Waals surface area contributed by atoms with Gasteiger partial charge in [-0.2, -0.15) is 0 Å². The lowest BCUT2D eigenvalue weighted by Crippen LogP contribution is -2.43. The Morgan fingerprint density at radius 2 is 1.53 bits per heavy atom. The standard InChI is InChI=1S/C11H27N3.H3O4P/c1-10(2,13)6-7-11(3,4)14-9-5-8-12;1-5(2,3)4/h14H,5-9,12-13H2,1-4H3;(H3,1,2,3,4). The third-order valence-corrected chi connectivity index (χ3v) is 2.38. The summed E-state index contributed by atoms with van der Waals surface area (Å²) >= 11 is 0. The minimum atomic E-state index is -4.64. The van der Waals surface area contributed by atoms with Crippen molar-refractivity contribution in [2.75, 3.05) is 13.1 Å². The van der Waals surface area contributed by atoms with Crippen LogP contribution in [-0.2, 0) is 4.57 Å². The minimum Gasteiger partial charge on any atom is -0.330 e. The molecule has 0 heterocycles. The van der Waals surface area contributed by atoms with Crippen molar-refractivity contribution < 1.29 is 19.2 Å². The first-order valence-electron chi connectivity index (χ1n) is 6.29. The number of hydrogen-bond acceptors (Lipinski definition) is 4. The van der Waals surface area contributed by atoms with Gasteiger partial charge in [0.15, 0.2) is 0 Å². The van der Waals surface area contributed by atoms with Crippen LogP contribution in [0.15, 0.2) is 0 Å². The highest BCUT2D eigenvalue weighted by molar-refractivity contribution is 7.45. The first kappa shape index (κ1) is 21.3. The van der Waals surface area contributed by atoms with Crippen LogP contribution >= 0.6 is 7.82 Å². The Labute approximate surface area is 116 Å². The quantitative estimate of drug-likeness (QED) is 0.293. The molecule has 19 heavy (non-hydrogen) atoms. The Morgan fingerprint density at radius 3 is 1.84 bits per heavy atom. The summed E-state index contributed by atoms with van der Waals surface area (Å²) in [5, 5.41) is 3.50. The highest BCUT2D eigenvalue weighted by Crippen LogP contribution is 2.25. The Morgan fingerprint density at radius 1 is 1.11 bits per heavy atom. The third kappa shape index (κ3) is 27.3. The lowest BCUT2D eigenvalue weighted by Gasteiger charge is -2.30. The third-order valence-electron chi connectivity index (χ3n) is 2.38. The fraction of sp³-hybridized carbons (Fsp3) is 1.00. The largest absolute Gasteiger partial charge is 0.466 e.